The molecular formula is C37H34F2N6O5S. The smallest absolute Gasteiger partial charge is 0.343 e. The summed E-state index contributed by atoms with van der Waals surface area (Å²) in [6.07, 6.45) is 2.38. The van der Waals surface area contributed by atoms with Gasteiger partial charge in [-0.25, -0.2) is 28.4 Å². The van der Waals surface area contributed by atoms with Crippen molar-refractivity contribution in [3.05, 3.63) is 140 Å². The molecule has 14 heteroatoms. The number of likely N-dealkylation sites (N-methyl/N-ethyl adjacent to an activating group) is 1. The molecule has 2 amide bonds. The van der Waals surface area contributed by atoms with Crippen molar-refractivity contribution in [1.29, 1.82) is 0 Å². The second-order valence-corrected chi connectivity index (χ2v) is 12.6. The SMILES string of the molecule is CONC(=O)Nc1ccc(-c2sc3c(c2CN(C)CCc2ccccn2)c(=O)n(-c2ccc(OC)cc2)c(=O)n3Cc2c(F)cccc2F)cc1. The number of hydrogen-bond acceptors (Lipinski definition) is 8. The molecule has 0 aliphatic carbocycles. The van der Waals surface area contributed by atoms with Gasteiger partial charge in [0.15, 0.2) is 0 Å². The van der Waals surface area contributed by atoms with E-state index in [0.717, 1.165) is 22.4 Å². The Balaban J connectivity index is 1.56. The van der Waals surface area contributed by atoms with Gasteiger partial charge in [0.2, 0.25) is 0 Å². The summed E-state index contributed by atoms with van der Waals surface area (Å²) >= 11 is 1.18. The van der Waals surface area contributed by atoms with Gasteiger partial charge in [0.05, 0.1) is 31.8 Å². The number of hydroxylamine groups is 1. The van der Waals surface area contributed by atoms with Crippen LogP contribution in [-0.4, -0.2) is 52.9 Å². The van der Waals surface area contributed by atoms with Crippen LogP contribution in [0.4, 0.5) is 19.3 Å². The molecule has 3 aromatic heterocycles. The van der Waals surface area contributed by atoms with E-state index in [1.807, 2.05) is 30.1 Å². The Labute approximate surface area is 295 Å². The first-order chi connectivity index (χ1) is 24.7. The molecule has 0 saturated carbocycles. The minimum atomic E-state index is -0.816. The largest absolute Gasteiger partial charge is 0.497 e. The number of nitrogens with zero attached hydrogens (tertiary/aromatic N) is 4. The maximum atomic E-state index is 15.1. The number of nitrogens with one attached hydrogen (secondary N) is 2. The fourth-order valence-electron chi connectivity index (χ4n) is 5.75. The minimum Gasteiger partial charge on any atom is -0.497 e. The predicted octanol–water partition coefficient (Wildman–Crippen LogP) is 5.97. The Hall–Kier alpha value is -5.70. The predicted molar refractivity (Wildman–Crippen MR) is 193 cm³/mol. The monoisotopic (exact) mass is 712 g/mol. The summed E-state index contributed by atoms with van der Waals surface area (Å²) < 4.78 is 37.7. The molecule has 0 fully saturated rings. The van der Waals surface area contributed by atoms with Gasteiger partial charge in [-0.15, -0.1) is 11.3 Å². The van der Waals surface area contributed by atoms with Crippen LogP contribution in [0.25, 0.3) is 26.3 Å². The number of hydrogen-bond donors (Lipinski definition) is 2. The molecule has 0 unspecified atom stereocenters. The molecule has 0 saturated heterocycles. The molecule has 0 aliphatic heterocycles. The van der Waals surface area contributed by atoms with Crippen LogP contribution in [0.2, 0.25) is 0 Å². The van der Waals surface area contributed by atoms with Gasteiger partial charge in [-0.1, -0.05) is 24.3 Å². The number of fused-ring (bicyclic) bond motifs is 1. The topological polar surface area (TPSA) is 120 Å². The Morgan fingerprint density at radius 1 is 0.922 bits per heavy atom. The highest BCUT2D eigenvalue weighted by Gasteiger charge is 2.26. The zero-order valence-electron chi connectivity index (χ0n) is 28.0. The third kappa shape index (κ3) is 7.57. The van der Waals surface area contributed by atoms with Crippen LogP contribution < -0.4 is 26.8 Å². The van der Waals surface area contributed by atoms with E-state index in [4.69, 9.17) is 4.74 Å². The Bertz CT molecular complexity index is 2270. The summed E-state index contributed by atoms with van der Waals surface area (Å²) in [7, 11) is 4.75. The summed E-state index contributed by atoms with van der Waals surface area (Å²) in [6, 6.07) is 22.0. The molecule has 3 aromatic carbocycles. The van der Waals surface area contributed by atoms with Gasteiger partial charge in [0.1, 0.15) is 22.2 Å². The molecular weight excluding hydrogens is 679 g/mol. The Kier molecular flexibility index (Phi) is 10.7. The molecule has 2 N–H and O–H groups in total. The number of carbonyl (C=O) groups is 1. The minimum absolute atomic E-state index is 0.244. The van der Waals surface area contributed by atoms with E-state index in [1.54, 1.807) is 54.7 Å². The lowest BCUT2D eigenvalue weighted by Crippen LogP contribution is -2.39. The number of carbonyl (C=O) groups excluding carboxylic acids is 1. The molecule has 6 rings (SSSR count). The molecule has 11 nitrogen and oxygen atoms in total. The van der Waals surface area contributed by atoms with Gasteiger partial charge in [0.25, 0.3) is 5.56 Å². The number of halogens is 2. The first kappa shape index (κ1) is 35.1. The van der Waals surface area contributed by atoms with Crippen molar-refractivity contribution in [2.45, 2.75) is 19.5 Å². The number of methoxy groups -OCH3 is 1. The quantitative estimate of drug-likeness (QED) is 0.150. The summed E-state index contributed by atoms with van der Waals surface area (Å²) in [4.78, 5) is 53.0. The number of aromatic nitrogens is 3. The van der Waals surface area contributed by atoms with Crippen molar-refractivity contribution in [3.8, 4) is 21.9 Å². The first-order valence-corrected chi connectivity index (χ1v) is 16.7. The average molecular weight is 713 g/mol. The third-order valence-electron chi connectivity index (χ3n) is 8.28. The fraction of sp³-hybridized carbons (Fsp3) is 0.189. The third-order valence-corrected chi connectivity index (χ3v) is 9.59. The standard InChI is InChI=1S/C37H34F2N6O5S/c1-43(20-18-24-7-4-5-19-40-24)21-29-32-34(46)45(26-14-16-27(49-2)17-15-26)37(48)44(22-28-30(38)8-6-9-31(28)39)35(32)51-33(29)23-10-12-25(13-11-23)41-36(47)42-50-3/h4-17,19H,18,20-22H2,1-3H3,(H2,41,42,47). The van der Waals surface area contributed by atoms with Crippen molar-refractivity contribution >= 4 is 33.3 Å². The summed E-state index contributed by atoms with van der Waals surface area (Å²) in [5.74, 6) is -1.11. The number of benzene rings is 3. The number of anilines is 1. The van der Waals surface area contributed by atoms with Crippen molar-refractivity contribution in [3.63, 3.8) is 0 Å². The number of amides is 2. The zero-order chi connectivity index (χ0) is 36.1. The van der Waals surface area contributed by atoms with Crippen LogP contribution in [0.1, 0.15) is 16.8 Å². The van der Waals surface area contributed by atoms with Crippen LogP contribution in [0.3, 0.4) is 0 Å². The highest BCUT2D eigenvalue weighted by Crippen LogP contribution is 2.38. The maximum Gasteiger partial charge on any atom is 0.343 e. The van der Waals surface area contributed by atoms with Crippen molar-refractivity contribution < 1.29 is 23.1 Å². The van der Waals surface area contributed by atoms with E-state index < -0.39 is 35.5 Å². The van der Waals surface area contributed by atoms with E-state index in [0.29, 0.717) is 47.0 Å². The Morgan fingerprint density at radius 3 is 2.29 bits per heavy atom. The molecule has 0 bridgehead atoms. The second-order valence-electron chi connectivity index (χ2n) is 11.6. The van der Waals surface area contributed by atoms with Crippen molar-refractivity contribution in [2.75, 3.05) is 33.1 Å². The van der Waals surface area contributed by atoms with Crippen molar-refractivity contribution in [2.24, 2.45) is 0 Å². The van der Waals surface area contributed by atoms with E-state index in [-0.39, 0.29) is 21.5 Å². The highest BCUT2D eigenvalue weighted by atomic mass is 32.1. The van der Waals surface area contributed by atoms with Gasteiger partial charge in [-0.05, 0) is 78.8 Å². The lowest BCUT2D eigenvalue weighted by molar-refractivity contribution is 0.114. The van der Waals surface area contributed by atoms with Crippen molar-refractivity contribution in [1.82, 2.24) is 24.5 Å². The molecule has 0 radical (unpaired) electrons. The maximum absolute atomic E-state index is 15.1. The van der Waals surface area contributed by atoms with E-state index in [2.05, 4.69) is 20.6 Å². The van der Waals surface area contributed by atoms with Gasteiger partial charge < -0.3 is 15.0 Å². The summed E-state index contributed by atoms with van der Waals surface area (Å²) in [5.41, 5.74) is 3.54. The lowest BCUT2D eigenvalue weighted by Gasteiger charge is -2.18. The van der Waals surface area contributed by atoms with E-state index >= 15 is 8.78 Å². The first-order valence-electron chi connectivity index (χ1n) is 15.9. The number of pyridine rings is 1. The van der Waals surface area contributed by atoms with Gasteiger partial charge in [0, 0.05) is 47.5 Å². The van der Waals surface area contributed by atoms with Crippen LogP contribution in [-0.2, 0) is 24.3 Å². The van der Waals surface area contributed by atoms with Gasteiger partial charge >= 0.3 is 11.7 Å². The lowest BCUT2D eigenvalue weighted by atomic mass is 10.1. The Morgan fingerprint density at radius 2 is 1.65 bits per heavy atom. The number of urea groups is 1. The molecule has 0 aliphatic rings. The molecule has 3 heterocycles. The summed E-state index contributed by atoms with van der Waals surface area (Å²) in [6.45, 7) is 0.428. The molecule has 51 heavy (non-hydrogen) atoms. The van der Waals surface area contributed by atoms with Gasteiger partial charge in [-0.3, -0.25) is 19.2 Å². The molecule has 0 spiro atoms. The van der Waals surface area contributed by atoms with Gasteiger partial charge in [-0.2, -0.15) is 0 Å². The van der Waals surface area contributed by atoms with Crippen LogP contribution in [0.5, 0.6) is 5.75 Å². The van der Waals surface area contributed by atoms with Crippen LogP contribution in [0, 0.1) is 11.6 Å². The summed E-state index contributed by atoms with van der Waals surface area (Å²) in [5, 5.41) is 2.90. The number of thiophene rings is 1. The van der Waals surface area contributed by atoms with Crippen LogP contribution >= 0.6 is 11.3 Å². The average Bonchev–Trinajstić information content (AvgIpc) is 3.50. The van der Waals surface area contributed by atoms with Crippen LogP contribution in [0.15, 0.2) is 101 Å². The number of ether oxygens (including phenoxy) is 1. The second kappa shape index (κ2) is 15.5. The molecule has 6 aromatic rings. The van der Waals surface area contributed by atoms with E-state index in [1.165, 1.54) is 36.2 Å². The zero-order valence-corrected chi connectivity index (χ0v) is 28.8. The van der Waals surface area contributed by atoms with E-state index in [9.17, 15) is 14.4 Å². The molecule has 262 valence electrons. The highest BCUT2D eigenvalue weighted by molar-refractivity contribution is 7.22. The fourth-order valence-corrected chi connectivity index (χ4v) is 7.05. The molecule has 0 atom stereocenters. The number of rotatable bonds is 12. The normalized spacial score (nSPS) is 11.3.